The van der Waals surface area contributed by atoms with Gasteiger partial charge in [0, 0.05) is 51.7 Å². The molecule has 0 spiro atoms. The van der Waals surface area contributed by atoms with Crippen molar-refractivity contribution in [1.82, 2.24) is 24.3 Å². The van der Waals surface area contributed by atoms with Crippen LogP contribution in [0.5, 0.6) is 0 Å². The third-order valence-corrected chi connectivity index (χ3v) is 6.80. The highest BCUT2D eigenvalue weighted by atomic mass is 32.2. The van der Waals surface area contributed by atoms with E-state index in [1.807, 2.05) is 32.7 Å². The van der Waals surface area contributed by atoms with Gasteiger partial charge in [-0.25, -0.2) is 4.98 Å². The molecular formula is C22H29N5O2S. The zero-order valence-electron chi connectivity index (χ0n) is 17.5. The molecule has 160 valence electrons. The summed E-state index contributed by atoms with van der Waals surface area (Å²) in [7, 11) is 0. The first kappa shape index (κ1) is 20.9. The number of thioether (sulfide) groups is 1. The lowest BCUT2D eigenvalue weighted by atomic mass is 10.2. The molecule has 0 aliphatic carbocycles. The standard InChI is InChI=1S/C22H29N5O2S/c1-18-6-2-3-7-19(18)27-11-8-23-22(27)30-17-21(29)26-14-12-24(13-15-26)16-20(28)25-9-4-5-10-25/h2-3,6-8,11H,4-5,9-10,12-17H2,1H3. The van der Waals surface area contributed by atoms with Gasteiger partial charge >= 0.3 is 0 Å². The molecule has 0 N–H and O–H groups in total. The van der Waals surface area contributed by atoms with E-state index >= 15 is 0 Å². The molecular weight excluding hydrogens is 398 g/mol. The number of imidazole rings is 1. The van der Waals surface area contributed by atoms with Crippen LogP contribution in [0.2, 0.25) is 0 Å². The highest BCUT2D eigenvalue weighted by Gasteiger charge is 2.25. The Kier molecular flexibility index (Phi) is 6.74. The van der Waals surface area contributed by atoms with E-state index in [-0.39, 0.29) is 11.8 Å². The molecule has 2 amide bonds. The van der Waals surface area contributed by atoms with Crippen LogP contribution in [0.15, 0.2) is 41.8 Å². The van der Waals surface area contributed by atoms with Crippen molar-refractivity contribution >= 4 is 23.6 Å². The number of carbonyl (C=O) groups is 2. The Labute approximate surface area is 182 Å². The molecule has 2 aromatic rings. The van der Waals surface area contributed by atoms with E-state index in [1.165, 1.54) is 17.3 Å². The van der Waals surface area contributed by atoms with Crippen molar-refractivity contribution in [3.05, 3.63) is 42.2 Å². The smallest absolute Gasteiger partial charge is 0.236 e. The Morgan fingerprint density at radius 3 is 2.40 bits per heavy atom. The van der Waals surface area contributed by atoms with Gasteiger partial charge in [0.25, 0.3) is 0 Å². The fraction of sp³-hybridized carbons (Fsp3) is 0.500. The first-order valence-electron chi connectivity index (χ1n) is 10.6. The van der Waals surface area contributed by atoms with Crippen LogP contribution in [0, 0.1) is 6.92 Å². The Hall–Kier alpha value is -2.32. The average molecular weight is 428 g/mol. The molecule has 2 aliphatic heterocycles. The summed E-state index contributed by atoms with van der Waals surface area (Å²) < 4.78 is 2.04. The maximum Gasteiger partial charge on any atom is 0.236 e. The molecule has 0 radical (unpaired) electrons. The molecule has 4 rings (SSSR count). The lowest BCUT2D eigenvalue weighted by molar-refractivity contribution is -0.133. The molecule has 0 saturated carbocycles. The first-order valence-corrected chi connectivity index (χ1v) is 11.6. The minimum Gasteiger partial charge on any atom is -0.342 e. The van der Waals surface area contributed by atoms with Crippen LogP contribution in [-0.2, 0) is 9.59 Å². The topological polar surface area (TPSA) is 61.7 Å². The molecule has 0 unspecified atom stereocenters. The van der Waals surface area contributed by atoms with E-state index < -0.39 is 0 Å². The zero-order chi connectivity index (χ0) is 20.9. The van der Waals surface area contributed by atoms with Crippen molar-refractivity contribution in [3.63, 3.8) is 0 Å². The average Bonchev–Trinajstić information content (AvgIpc) is 3.45. The number of aromatic nitrogens is 2. The van der Waals surface area contributed by atoms with Gasteiger partial charge in [-0.15, -0.1) is 0 Å². The second-order valence-corrected chi connectivity index (χ2v) is 8.84. The third-order valence-electron chi connectivity index (χ3n) is 5.85. The van der Waals surface area contributed by atoms with Crippen LogP contribution in [0.4, 0.5) is 0 Å². The van der Waals surface area contributed by atoms with Gasteiger partial charge in [0.1, 0.15) is 0 Å². The largest absolute Gasteiger partial charge is 0.342 e. The van der Waals surface area contributed by atoms with Crippen molar-refractivity contribution in [2.75, 3.05) is 51.6 Å². The third kappa shape index (κ3) is 4.87. The number of carbonyl (C=O) groups excluding carboxylic acids is 2. The number of likely N-dealkylation sites (tertiary alicyclic amines) is 1. The van der Waals surface area contributed by atoms with Crippen molar-refractivity contribution in [2.24, 2.45) is 0 Å². The van der Waals surface area contributed by atoms with Crippen LogP contribution in [0.1, 0.15) is 18.4 Å². The lowest BCUT2D eigenvalue weighted by Gasteiger charge is -2.35. The molecule has 2 fully saturated rings. The predicted molar refractivity (Wildman–Crippen MR) is 118 cm³/mol. The lowest BCUT2D eigenvalue weighted by Crippen LogP contribution is -2.51. The number of aryl methyl sites for hydroxylation is 1. The first-order chi connectivity index (χ1) is 14.6. The Morgan fingerprint density at radius 1 is 0.967 bits per heavy atom. The van der Waals surface area contributed by atoms with Gasteiger partial charge < -0.3 is 9.80 Å². The number of nitrogens with zero attached hydrogens (tertiary/aromatic N) is 5. The Balaban J connectivity index is 1.26. The number of para-hydroxylation sites is 1. The fourth-order valence-electron chi connectivity index (χ4n) is 4.04. The molecule has 1 aromatic carbocycles. The summed E-state index contributed by atoms with van der Waals surface area (Å²) >= 11 is 1.47. The zero-order valence-corrected chi connectivity index (χ0v) is 18.3. The van der Waals surface area contributed by atoms with Crippen LogP contribution in [0.3, 0.4) is 0 Å². The van der Waals surface area contributed by atoms with Crippen molar-refractivity contribution in [2.45, 2.75) is 24.9 Å². The maximum absolute atomic E-state index is 12.7. The van der Waals surface area contributed by atoms with Gasteiger partial charge in [0.05, 0.1) is 18.0 Å². The van der Waals surface area contributed by atoms with Crippen molar-refractivity contribution in [3.8, 4) is 5.69 Å². The molecule has 0 bridgehead atoms. The van der Waals surface area contributed by atoms with Gasteiger partial charge in [-0.2, -0.15) is 0 Å². The van der Waals surface area contributed by atoms with Gasteiger partial charge in [0.2, 0.25) is 11.8 Å². The number of piperazine rings is 1. The monoisotopic (exact) mass is 427 g/mol. The second kappa shape index (κ2) is 9.66. The van der Waals surface area contributed by atoms with Gasteiger partial charge in [-0.1, -0.05) is 30.0 Å². The Morgan fingerprint density at radius 2 is 1.67 bits per heavy atom. The summed E-state index contributed by atoms with van der Waals surface area (Å²) in [5, 5.41) is 0.826. The molecule has 7 nitrogen and oxygen atoms in total. The van der Waals surface area contributed by atoms with Gasteiger partial charge in [0.15, 0.2) is 5.16 Å². The van der Waals surface area contributed by atoms with Crippen LogP contribution < -0.4 is 0 Å². The quantitative estimate of drug-likeness (QED) is 0.661. The van der Waals surface area contributed by atoms with Crippen LogP contribution >= 0.6 is 11.8 Å². The van der Waals surface area contributed by atoms with E-state index in [0.717, 1.165) is 49.9 Å². The van der Waals surface area contributed by atoms with Crippen molar-refractivity contribution in [1.29, 1.82) is 0 Å². The molecule has 0 atom stereocenters. The normalized spacial score (nSPS) is 17.5. The Bertz CT molecular complexity index is 885. The van der Waals surface area contributed by atoms with E-state index in [4.69, 9.17) is 0 Å². The highest BCUT2D eigenvalue weighted by Crippen LogP contribution is 2.23. The summed E-state index contributed by atoms with van der Waals surface area (Å²) in [6.07, 6.45) is 5.95. The van der Waals surface area contributed by atoms with Crippen LogP contribution in [-0.4, -0.2) is 87.6 Å². The highest BCUT2D eigenvalue weighted by molar-refractivity contribution is 7.99. The molecule has 2 aliphatic rings. The molecule has 2 saturated heterocycles. The molecule has 1 aromatic heterocycles. The summed E-state index contributed by atoms with van der Waals surface area (Å²) in [6.45, 7) is 7.21. The summed E-state index contributed by atoms with van der Waals surface area (Å²) in [4.78, 5) is 35.5. The molecule has 30 heavy (non-hydrogen) atoms. The van der Waals surface area contributed by atoms with Gasteiger partial charge in [-0.3, -0.25) is 19.1 Å². The minimum absolute atomic E-state index is 0.129. The number of hydrogen-bond acceptors (Lipinski definition) is 5. The number of hydrogen-bond donors (Lipinski definition) is 0. The van der Waals surface area contributed by atoms with Crippen molar-refractivity contribution < 1.29 is 9.59 Å². The summed E-state index contributed by atoms with van der Waals surface area (Å²) in [5.41, 5.74) is 2.25. The van der Waals surface area contributed by atoms with Gasteiger partial charge in [-0.05, 0) is 31.4 Å². The SMILES string of the molecule is Cc1ccccc1-n1ccnc1SCC(=O)N1CCN(CC(=O)N2CCCC2)CC1. The van der Waals surface area contributed by atoms with E-state index in [1.54, 1.807) is 6.20 Å². The molecule has 8 heteroatoms. The summed E-state index contributed by atoms with van der Waals surface area (Å²) in [5.74, 6) is 0.728. The summed E-state index contributed by atoms with van der Waals surface area (Å²) in [6, 6.07) is 8.16. The van der Waals surface area contributed by atoms with E-state index in [2.05, 4.69) is 28.9 Å². The van der Waals surface area contributed by atoms with Crippen LogP contribution in [0.25, 0.3) is 5.69 Å². The maximum atomic E-state index is 12.7. The van der Waals surface area contributed by atoms with E-state index in [9.17, 15) is 9.59 Å². The number of rotatable bonds is 6. The molecule has 3 heterocycles. The fourth-order valence-corrected chi connectivity index (χ4v) is 4.91. The number of benzene rings is 1. The second-order valence-electron chi connectivity index (χ2n) is 7.90. The minimum atomic E-state index is 0.129. The van der Waals surface area contributed by atoms with E-state index in [0.29, 0.717) is 25.4 Å². The predicted octanol–water partition coefficient (Wildman–Crippen LogP) is 2.04. The number of amides is 2.